The number of likely N-dealkylation sites (N-methyl/N-ethyl adjacent to an activating group) is 1. The van der Waals surface area contributed by atoms with E-state index in [0.717, 1.165) is 19.6 Å². The summed E-state index contributed by atoms with van der Waals surface area (Å²) in [6.07, 6.45) is 5.79. The Morgan fingerprint density at radius 2 is 2.41 bits per heavy atom. The first-order chi connectivity index (χ1) is 8.31. The molecule has 0 bridgehead atoms. The maximum atomic E-state index is 11.8. The molecule has 1 aromatic heterocycles. The average Bonchev–Trinajstić information content (AvgIpc) is 3.02. The number of nitrogens with one attached hydrogen (secondary N) is 1. The van der Waals surface area contributed by atoms with Crippen LogP contribution in [0.1, 0.15) is 19.8 Å². The standard InChI is InChI=1S/C11H19N5O/c1-2-16(10-3-4-10)11(17)9-12-5-7-15-8-6-13-14-15/h6,8,10,12H,2-5,7,9H2,1H3. The molecule has 0 unspecified atom stereocenters. The fourth-order valence-corrected chi connectivity index (χ4v) is 1.87. The number of amides is 1. The van der Waals surface area contributed by atoms with Gasteiger partial charge in [-0.05, 0) is 19.8 Å². The number of rotatable bonds is 7. The van der Waals surface area contributed by atoms with Crippen molar-refractivity contribution in [3.8, 4) is 0 Å². The summed E-state index contributed by atoms with van der Waals surface area (Å²) in [5.74, 6) is 0.202. The van der Waals surface area contributed by atoms with Crippen LogP contribution in [0.15, 0.2) is 12.4 Å². The van der Waals surface area contributed by atoms with Crippen LogP contribution < -0.4 is 5.32 Å². The Hall–Kier alpha value is -1.43. The minimum Gasteiger partial charge on any atom is -0.339 e. The highest BCUT2D eigenvalue weighted by Gasteiger charge is 2.30. The van der Waals surface area contributed by atoms with Crippen molar-refractivity contribution in [2.75, 3.05) is 19.6 Å². The van der Waals surface area contributed by atoms with Crippen molar-refractivity contribution in [2.24, 2.45) is 0 Å². The second-order valence-electron chi connectivity index (χ2n) is 4.25. The molecule has 0 aliphatic heterocycles. The molecule has 1 aliphatic rings. The predicted molar refractivity (Wildman–Crippen MR) is 63.3 cm³/mol. The lowest BCUT2D eigenvalue weighted by atomic mass is 10.4. The molecule has 0 atom stereocenters. The summed E-state index contributed by atoms with van der Waals surface area (Å²) >= 11 is 0. The SMILES string of the molecule is CCN(C(=O)CNCCn1ccnn1)C1CC1. The van der Waals surface area contributed by atoms with Crippen molar-refractivity contribution < 1.29 is 4.79 Å². The highest BCUT2D eigenvalue weighted by atomic mass is 16.2. The molecule has 2 rings (SSSR count). The molecule has 0 aromatic carbocycles. The van der Waals surface area contributed by atoms with Crippen molar-refractivity contribution in [2.45, 2.75) is 32.4 Å². The highest BCUT2D eigenvalue weighted by Crippen LogP contribution is 2.26. The van der Waals surface area contributed by atoms with Crippen LogP contribution in [-0.4, -0.2) is 51.5 Å². The van der Waals surface area contributed by atoms with Gasteiger partial charge in [-0.1, -0.05) is 5.21 Å². The Balaban J connectivity index is 1.62. The molecule has 1 aliphatic carbocycles. The zero-order valence-electron chi connectivity index (χ0n) is 10.2. The molecule has 1 heterocycles. The lowest BCUT2D eigenvalue weighted by Gasteiger charge is -2.20. The third-order valence-corrected chi connectivity index (χ3v) is 2.91. The smallest absolute Gasteiger partial charge is 0.236 e. The number of nitrogens with zero attached hydrogens (tertiary/aromatic N) is 4. The van der Waals surface area contributed by atoms with Crippen LogP contribution >= 0.6 is 0 Å². The minimum absolute atomic E-state index is 0.202. The van der Waals surface area contributed by atoms with Crippen LogP contribution in [0.4, 0.5) is 0 Å². The molecule has 1 fully saturated rings. The Kier molecular flexibility index (Phi) is 4.08. The summed E-state index contributed by atoms with van der Waals surface area (Å²) in [4.78, 5) is 13.8. The van der Waals surface area contributed by atoms with Gasteiger partial charge in [0.1, 0.15) is 0 Å². The molecule has 1 amide bonds. The van der Waals surface area contributed by atoms with Crippen molar-refractivity contribution in [3.05, 3.63) is 12.4 Å². The zero-order valence-corrected chi connectivity index (χ0v) is 10.2. The molecule has 17 heavy (non-hydrogen) atoms. The molecule has 1 saturated carbocycles. The van der Waals surface area contributed by atoms with E-state index >= 15 is 0 Å². The zero-order chi connectivity index (χ0) is 12.1. The predicted octanol–water partition coefficient (Wildman–Crippen LogP) is -0.121. The molecular formula is C11H19N5O. The van der Waals surface area contributed by atoms with Crippen LogP contribution in [0.25, 0.3) is 0 Å². The van der Waals surface area contributed by atoms with Gasteiger partial charge in [-0.15, -0.1) is 5.10 Å². The quantitative estimate of drug-likeness (QED) is 0.671. The van der Waals surface area contributed by atoms with Gasteiger partial charge in [0.25, 0.3) is 0 Å². The number of aromatic nitrogens is 3. The minimum atomic E-state index is 0.202. The van der Waals surface area contributed by atoms with Gasteiger partial charge in [-0.25, -0.2) is 0 Å². The van der Waals surface area contributed by atoms with Gasteiger partial charge in [-0.3, -0.25) is 9.48 Å². The first-order valence-corrected chi connectivity index (χ1v) is 6.15. The fraction of sp³-hybridized carbons (Fsp3) is 0.727. The molecule has 0 radical (unpaired) electrons. The summed E-state index contributed by atoms with van der Waals surface area (Å²) in [5, 5.41) is 10.7. The molecule has 0 spiro atoms. The third kappa shape index (κ3) is 3.52. The summed E-state index contributed by atoms with van der Waals surface area (Å²) in [6, 6.07) is 0.504. The number of hydrogen-bond donors (Lipinski definition) is 1. The van der Waals surface area contributed by atoms with Gasteiger partial charge in [0.05, 0.1) is 19.3 Å². The average molecular weight is 237 g/mol. The van der Waals surface area contributed by atoms with Crippen molar-refractivity contribution >= 4 is 5.91 Å². The summed E-state index contributed by atoms with van der Waals surface area (Å²) in [7, 11) is 0. The molecule has 1 N–H and O–H groups in total. The largest absolute Gasteiger partial charge is 0.339 e. The van der Waals surface area contributed by atoms with E-state index in [4.69, 9.17) is 0 Å². The van der Waals surface area contributed by atoms with E-state index in [1.165, 1.54) is 12.8 Å². The van der Waals surface area contributed by atoms with Gasteiger partial charge in [-0.2, -0.15) is 0 Å². The molecule has 0 saturated heterocycles. The number of carbonyl (C=O) groups is 1. The van der Waals surface area contributed by atoms with E-state index in [9.17, 15) is 4.79 Å². The van der Waals surface area contributed by atoms with Crippen molar-refractivity contribution in [1.82, 2.24) is 25.2 Å². The second-order valence-corrected chi connectivity index (χ2v) is 4.25. The van der Waals surface area contributed by atoms with E-state index in [1.807, 2.05) is 18.0 Å². The Morgan fingerprint density at radius 1 is 1.59 bits per heavy atom. The molecule has 94 valence electrons. The van der Waals surface area contributed by atoms with Crippen molar-refractivity contribution in [1.29, 1.82) is 0 Å². The van der Waals surface area contributed by atoms with E-state index in [1.54, 1.807) is 10.9 Å². The van der Waals surface area contributed by atoms with Gasteiger partial charge >= 0.3 is 0 Å². The van der Waals surface area contributed by atoms with Crippen LogP contribution in [0, 0.1) is 0 Å². The maximum absolute atomic E-state index is 11.8. The fourth-order valence-electron chi connectivity index (χ4n) is 1.87. The van der Waals surface area contributed by atoms with E-state index in [-0.39, 0.29) is 5.91 Å². The molecule has 6 nitrogen and oxygen atoms in total. The van der Waals surface area contributed by atoms with E-state index in [0.29, 0.717) is 12.6 Å². The summed E-state index contributed by atoms with van der Waals surface area (Å²) in [6.45, 7) is 4.74. The van der Waals surface area contributed by atoms with Gasteiger partial charge in [0.2, 0.25) is 5.91 Å². The van der Waals surface area contributed by atoms with Gasteiger partial charge in [0, 0.05) is 25.3 Å². The van der Waals surface area contributed by atoms with Gasteiger partial charge < -0.3 is 10.2 Å². The van der Waals surface area contributed by atoms with Crippen LogP contribution in [0.2, 0.25) is 0 Å². The topological polar surface area (TPSA) is 63.1 Å². The molecule has 1 aromatic rings. The monoisotopic (exact) mass is 237 g/mol. The Bertz CT molecular complexity index is 347. The third-order valence-electron chi connectivity index (χ3n) is 2.91. The first kappa shape index (κ1) is 12.0. The Morgan fingerprint density at radius 3 is 3.00 bits per heavy atom. The van der Waals surface area contributed by atoms with Crippen LogP contribution in [0.5, 0.6) is 0 Å². The van der Waals surface area contributed by atoms with Crippen LogP contribution in [-0.2, 0) is 11.3 Å². The van der Waals surface area contributed by atoms with Gasteiger partial charge in [0.15, 0.2) is 0 Å². The highest BCUT2D eigenvalue weighted by molar-refractivity contribution is 5.78. The number of hydrogen-bond acceptors (Lipinski definition) is 4. The van der Waals surface area contributed by atoms with E-state index in [2.05, 4.69) is 15.6 Å². The summed E-state index contributed by atoms with van der Waals surface area (Å²) in [5.41, 5.74) is 0. The molecular weight excluding hydrogens is 218 g/mol. The normalized spacial score (nSPS) is 14.9. The lowest BCUT2D eigenvalue weighted by molar-refractivity contribution is -0.130. The first-order valence-electron chi connectivity index (χ1n) is 6.15. The van der Waals surface area contributed by atoms with E-state index < -0.39 is 0 Å². The number of carbonyl (C=O) groups excluding carboxylic acids is 1. The molecule has 6 heteroatoms. The maximum Gasteiger partial charge on any atom is 0.236 e. The summed E-state index contributed by atoms with van der Waals surface area (Å²) < 4.78 is 1.75. The van der Waals surface area contributed by atoms with Crippen molar-refractivity contribution in [3.63, 3.8) is 0 Å². The Labute approximate surface area is 101 Å². The van der Waals surface area contributed by atoms with Crippen LogP contribution in [0.3, 0.4) is 0 Å². The second kappa shape index (κ2) is 5.77. The lowest BCUT2D eigenvalue weighted by Crippen LogP contribution is -2.40.